The highest BCUT2D eigenvalue weighted by molar-refractivity contribution is 7.12. The minimum atomic E-state index is -0.641. The van der Waals surface area contributed by atoms with Crippen molar-refractivity contribution in [2.45, 2.75) is 19.4 Å². The second kappa shape index (κ2) is 10.3. The fourth-order valence-corrected chi connectivity index (χ4v) is 5.03. The zero-order valence-electron chi connectivity index (χ0n) is 18.2. The maximum atomic E-state index is 13.3. The standard InChI is InChI=1S/C24H28N2O5S/c1-2-31-18-7-3-6-17(16-18)21-20(22(27)19-8-4-15-32-19)23(28)24(29)26(21)10-5-9-25-11-13-30-14-12-25/h3-4,6-8,15-16,21,28H,2,5,9-14H2,1H3/p+1/t21-/m0/s1. The minimum absolute atomic E-state index is 0.143. The van der Waals surface area contributed by atoms with Crippen molar-refractivity contribution in [3.05, 3.63) is 63.6 Å². The molecule has 1 aromatic carbocycles. The second-order valence-electron chi connectivity index (χ2n) is 7.94. The number of aliphatic hydroxyl groups is 1. The van der Waals surface area contributed by atoms with Gasteiger partial charge in [0.05, 0.1) is 42.9 Å². The van der Waals surface area contributed by atoms with Gasteiger partial charge in [0.15, 0.2) is 5.76 Å². The number of benzene rings is 1. The topological polar surface area (TPSA) is 80.5 Å². The number of thiophene rings is 1. The molecule has 0 saturated carbocycles. The Labute approximate surface area is 191 Å². The van der Waals surface area contributed by atoms with E-state index in [0.29, 0.717) is 23.8 Å². The Bertz CT molecular complexity index is 982. The molecule has 0 spiro atoms. The molecule has 0 radical (unpaired) electrons. The zero-order chi connectivity index (χ0) is 22.5. The van der Waals surface area contributed by atoms with E-state index < -0.39 is 17.7 Å². The second-order valence-corrected chi connectivity index (χ2v) is 8.89. The van der Waals surface area contributed by atoms with Gasteiger partial charge in [0.2, 0.25) is 5.78 Å². The molecule has 0 bridgehead atoms. The first-order chi connectivity index (χ1) is 15.6. The van der Waals surface area contributed by atoms with E-state index >= 15 is 0 Å². The summed E-state index contributed by atoms with van der Waals surface area (Å²) in [6.07, 6.45) is 0.774. The van der Waals surface area contributed by atoms with E-state index in [1.165, 1.54) is 16.2 Å². The number of nitrogens with one attached hydrogen (secondary N) is 1. The quantitative estimate of drug-likeness (QED) is 0.564. The Morgan fingerprint density at radius 3 is 2.81 bits per heavy atom. The molecule has 1 saturated heterocycles. The van der Waals surface area contributed by atoms with Crippen molar-refractivity contribution in [3.8, 4) is 5.75 Å². The molecule has 1 atom stereocenters. The van der Waals surface area contributed by atoms with Crippen molar-refractivity contribution in [2.75, 3.05) is 46.0 Å². The van der Waals surface area contributed by atoms with Crippen LogP contribution in [0.3, 0.4) is 0 Å². The number of aliphatic hydroxyl groups excluding tert-OH is 1. The Hall–Kier alpha value is -2.68. The molecule has 8 heteroatoms. The van der Waals surface area contributed by atoms with Crippen molar-refractivity contribution in [1.82, 2.24) is 4.90 Å². The molecule has 0 unspecified atom stereocenters. The SMILES string of the molecule is CCOc1cccc([C@H]2C(C(=O)c3cccs3)=C(O)C(=O)N2CCC[NH+]2CCOCC2)c1. The van der Waals surface area contributed by atoms with Crippen LogP contribution in [0.15, 0.2) is 53.1 Å². The van der Waals surface area contributed by atoms with Crippen LogP contribution in [0.5, 0.6) is 5.75 Å². The van der Waals surface area contributed by atoms with Gasteiger partial charge in [0.1, 0.15) is 18.8 Å². The Balaban J connectivity index is 1.61. The van der Waals surface area contributed by atoms with Gasteiger partial charge in [-0.2, -0.15) is 0 Å². The van der Waals surface area contributed by atoms with Gasteiger partial charge in [-0.3, -0.25) is 9.59 Å². The highest BCUT2D eigenvalue weighted by Gasteiger charge is 2.44. The number of amides is 1. The molecular weight excluding hydrogens is 428 g/mol. The lowest BCUT2D eigenvalue weighted by Gasteiger charge is -2.28. The van der Waals surface area contributed by atoms with E-state index in [1.54, 1.807) is 17.0 Å². The van der Waals surface area contributed by atoms with E-state index in [1.807, 2.05) is 36.6 Å². The zero-order valence-corrected chi connectivity index (χ0v) is 19.0. The number of quaternary nitrogens is 1. The van der Waals surface area contributed by atoms with Crippen LogP contribution >= 0.6 is 11.3 Å². The maximum absolute atomic E-state index is 13.3. The fourth-order valence-electron chi connectivity index (χ4n) is 4.35. The number of ether oxygens (including phenoxy) is 2. The molecule has 0 aliphatic carbocycles. The molecule has 3 heterocycles. The monoisotopic (exact) mass is 457 g/mol. The lowest BCUT2D eigenvalue weighted by Crippen LogP contribution is -3.14. The van der Waals surface area contributed by atoms with Gasteiger partial charge in [0.25, 0.3) is 5.91 Å². The van der Waals surface area contributed by atoms with Crippen LogP contribution in [-0.4, -0.2) is 67.7 Å². The van der Waals surface area contributed by atoms with Gasteiger partial charge in [0, 0.05) is 13.0 Å². The highest BCUT2D eigenvalue weighted by Crippen LogP contribution is 2.40. The molecule has 1 fully saturated rings. The average Bonchev–Trinajstić information content (AvgIpc) is 3.43. The molecule has 32 heavy (non-hydrogen) atoms. The lowest BCUT2D eigenvalue weighted by molar-refractivity contribution is -0.908. The first kappa shape index (κ1) is 22.5. The first-order valence-corrected chi connectivity index (χ1v) is 11.9. The van der Waals surface area contributed by atoms with E-state index in [2.05, 4.69) is 0 Å². The molecule has 2 N–H and O–H groups in total. The number of morpholine rings is 1. The van der Waals surface area contributed by atoms with Crippen molar-refractivity contribution >= 4 is 23.0 Å². The number of rotatable bonds is 9. The van der Waals surface area contributed by atoms with Gasteiger partial charge < -0.3 is 24.4 Å². The van der Waals surface area contributed by atoms with Crippen molar-refractivity contribution in [2.24, 2.45) is 0 Å². The molecule has 2 aromatic rings. The van der Waals surface area contributed by atoms with E-state index in [0.717, 1.165) is 44.8 Å². The third-order valence-electron chi connectivity index (χ3n) is 5.91. The van der Waals surface area contributed by atoms with Crippen LogP contribution in [0.4, 0.5) is 0 Å². The number of Topliss-reactive ketones (excluding diaryl/α,β-unsaturated/α-hetero) is 1. The summed E-state index contributed by atoms with van der Waals surface area (Å²) in [5.41, 5.74) is 0.900. The Morgan fingerprint density at radius 2 is 2.09 bits per heavy atom. The Morgan fingerprint density at radius 1 is 1.28 bits per heavy atom. The average molecular weight is 458 g/mol. The summed E-state index contributed by atoms with van der Waals surface area (Å²) in [5.74, 6) is -0.578. The molecule has 2 aliphatic heterocycles. The summed E-state index contributed by atoms with van der Waals surface area (Å²) < 4.78 is 11.1. The first-order valence-electron chi connectivity index (χ1n) is 11.1. The summed E-state index contributed by atoms with van der Waals surface area (Å²) in [4.78, 5) is 29.9. The third kappa shape index (κ3) is 4.72. The number of hydrogen-bond donors (Lipinski definition) is 2. The van der Waals surface area contributed by atoms with Crippen LogP contribution in [0, 0.1) is 0 Å². The van der Waals surface area contributed by atoms with E-state index in [-0.39, 0.29) is 11.4 Å². The third-order valence-corrected chi connectivity index (χ3v) is 6.78. The number of ketones is 1. The van der Waals surface area contributed by atoms with E-state index in [4.69, 9.17) is 9.47 Å². The van der Waals surface area contributed by atoms with Gasteiger partial charge in [-0.05, 0) is 36.1 Å². The van der Waals surface area contributed by atoms with Crippen LogP contribution in [0.1, 0.15) is 34.6 Å². The molecule has 7 nitrogen and oxygen atoms in total. The van der Waals surface area contributed by atoms with Crippen molar-refractivity contribution < 1.29 is 29.1 Å². The predicted molar refractivity (Wildman–Crippen MR) is 121 cm³/mol. The van der Waals surface area contributed by atoms with Crippen LogP contribution in [0.2, 0.25) is 0 Å². The predicted octanol–water partition coefficient (Wildman–Crippen LogP) is 2.03. The minimum Gasteiger partial charge on any atom is -0.503 e. The van der Waals surface area contributed by atoms with Crippen LogP contribution in [-0.2, 0) is 9.53 Å². The summed E-state index contributed by atoms with van der Waals surface area (Å²) in [5, 5.41) is 12.6. The normalized spacial score (nSPS) is 19.6. The smallest absolute Gasteiger partial charge is 0.290 e. The van der Waals surface area contributed by atoms with Crippen LogP contribution in [0.25, 0.3) is 0 Å². The number of hydrogen-bond acceptors (Lipinski definition) is 6. The largest absolute Gasteiger partial charge is 0.503 e. The maximum Gasteiger partial charge on any atom is 0.290 e. The van der Waals surface area contributed by atoms with Crippen molar-refractivity contribution in [3.63, 3.8) is 0 Å². The molecule has 4 rings (SSSR count). The van der Waals surface area contributed by atoms with Crippen molar-refractivity contribution in [1.29, 1.82) is 0 Å². The fraction of sp³-hybridized carbons (Fsp3) is 0.417. The highest BCUT2D eigenvalue weighted by atomic mass is 32.1. The van der Waals surface area contributed by atoms with E-state index in [9.17, 15) is 14.7 Å². The lowest BCUT2D eigenvalue weighted by atomic mass is 9.95. The van der Waals surface area contributed by atoms with Crippen LogP contribution < -0.4 is 9.64 Å². The van der Waals surface area contributed by atoms with Gasteiger partial charge in [-0.15, -0.1) is 11.3 Å². The molecule has 1 aromatic heterocycles. The van der Waals surface area contributed by atoms with Gasteiger partial charge >= 0.3 is 0 Å². The summed E-state index contributed by atoms with van der Waals surface area (Å²) >= 11 is 1.30. The molecule has 2 aliphatic rings. The summed E-state index contributed by atoms with van der Waals surface area (Å²) in [7, 11) is 0. The molecule has 170 valence electrons. The van der Waals surface area contributed by atoms with Gasteiger partial charge in [-0.25, -0.2) is 0 Å². The number of carbonyl (C=O) groups excluding carboxylic acids is 2. The molecule has 1 amide bonds. The summed E-state index contributed by atoms with van der Waals surface area (Å²) in [6.45, 7) is 7.22. The van der Waals surface area contributed by atoms with Gasteiger partial charge in [-0.1, -0.05) is 18.2 Å². The number of nitrogens with zero attached hydrogens (tertiary/aromatic N) is 1. The number of carbonyl (C=O) groups is 2. The Kier molecular flexibility index (Phi) is 7.24. The summed E-state index contributed by atoms with van der Waals surface area (Å²) in [6, 6.07) is 10.3. The molecular formula is C24H29N2O5S+.